The fourth-order valence-electron chi connectivity index (χ4n) is 0.577. The number of sulfone groups is 1. The summed E-state index contributed by atoms with van der Waals surface area (Å²) in [6, 6.07) is 3.38. The Balaban J connectivity index is 2.79. The molecule has 3 nitrogen and oxygen atoms in total. The van der Waals surface area contributed by atoms with Crippen LogP contribution in [-0.2, 0) is 9.84 Å². The lowest BCUT2D eigenvalue weighted by Gasteiger charge is -1.83. The van der Waals surface area contributed by atoms with E-state index in [0.717, 1.165) is 11.7 Å². The average Bonchev–Trinajstić information content (AvgIpc) is 2.32. The summed E-state index contributed by atoms with van der Waals surface area (Å²) in [5.74, 6) is 0.537. The van der Waals surface area contributed by atoms with Gasteiger partial charge in [0.05, 0.1) is 6.26 Å². The summed E-state index contributed by atoms with van der Waals surface area (Å²) >= 11 is 0. The summed E-state index contributed by atoms with van der Waals surface area (Å²) in [6.45, 7) is 0. The van der Waals surface area contributed by atoms with E-state index in [1.54, 1.807) is 12.1 Å². The lowest BCUT2D eigenvalue weighted by molar-refractivity contribution is 0.557. The van der Waals surface area contributed by atoms with E-state index in [1.165, 1.54) is 12.3 Å². The van der Waals surface area contributed by atoms with E-state index in [9.17, 15) is 8.42 Å². The van der Waals surface area contributed by atoms with Gasteiger partial charge in [-0.05, 0) is 18.2 Å². The predicted molar refractivity (Wildman–Crippen MR) is 42.6 cm³/mol. The minimum absolute atomic E-state index is 0.537. The second-order valence-corrected chi connectivity index (χ2v) is 4.08. The number of hydrogen-bond acceptors (Lipinski definition) is 3. The molecule has 0 bridgehead atoms. The molecule has 0 aromatic carbocycles. The molecular weight excluding hydrogens is 164 g/mol. The summed E-state index contributed by atoms with van der Waals surface area (Å²) in [5.41, 5.74) is 0. The molecule has 0 atom stereocenters. The SMILES string of the molecule is CS(=O)(=O)/C=C/c1ccco1. The highest BCUT2D eigenvalue weighted by molar-refractivity contribution is 7.93. The molecule has 0 fully saturated rings. The molecule has 0 radical (unpaired) electrons. The largest absolute Gasteiger partial charge is 0.465 e. The summed E-state index contributed by atoms with van der Waals surface area (Å²) < 4.78 is 26.1. The van der Waals surface area contributed by atoms with Gasteiger partial charge in [-0.15, -0.1) is 0 Å². The molecule has 1 aromatic heterocycles. The highest BCUT2D eigenvalue weighted by Gasteiger charge is 1.93. The maximum absolute atomic E-state index is 10.6. The van der Waals surface area contributed by atoms with Gasteiger partial charge in [-0.3, -0.25) is 0 Å². The Morgan fingerprint density at radius 3 is 2.73 bits per heavy atom. The van der Waals surface area contributed by atoms with Crippen molar-refractivity contribution in [1.29, 1.82) is 0 Å². The van der Waals surface area contributed by atoms with Gasteiger partial charge in [-0.25, -0.2) is 8.42 Å². The van der Waals surface area contributed by atoms with Gasteiger partial charge in [0.2, 0.25) is 0 Å². The van der Waals surface area contributed by atoms with Crippen LogP contribution in [0.25, 0.3) is 6.08 Å². The van der Waals surface area contributed by atoms with E-state index in [4.69, 9.17) is 4.42 Å². The minimum Gasteiger partial charge on any atom is -0.465 e. The summed E-state index contributed by atoms with van der Waals surface area (Å²) in [6.07, 6.45) is 4.03. The molecule has 1 aromatic rings. The zero-order valence-electron chi connectivity index (χ0n) is 6.02. The normalized spacial score (nSPS) is 12.5. The average molecular weight is 172 g/mol. The highest BCUT2D eigenvalue weighted by Crippen LogP contribution is 2.03. The quantitative estimate of drug-likeness (QED) is 0.675. The molecular formula is C7H8O3S. The fourth-order valence-corrected chi connectivity index (χ4v) is 0.958. The molecule has 1 rings (SSSR count). The van der Waals surface area contributed by atoms with Crippen LogP contribution in [0.4, 0.5) is 0 Å². The minimum atomic E-state index is -3.04. The van der Waals surface area contributed by atoms with E-state index in [0.29, 0.717) is 5.76 Å². The van der Waals surface area contributed by atoms with Crippen LogP contribution in [0.3, 0.4) is 0 Å². The molecule has 1 heterocycles. The Hall–Kier alpha value is -1.03. The summed E-state index contributed by atoms with van der Waals surface area (Å²) in [4.78, 5) is 0. The van der Waals surface area contributed by atoms with Crippen molar-refractivity contribution in [3.8, 4) is 0 Å². The van der Waals surface area contributed by atoms with Gasteiger partial charge in [0.25, 0.3) is 0 Å². The second kappa shape index (κ2) is 2.92. The first kappa shape index (κ1) is 8.07. The Bertz CT molecular complexity index is 332. The molecule has 60 valence electrons. The fraction of sp³-hybridized carbons (Fsp3) is 0.143. The Morgan fingerprint density at radius 2 is 2.27 bits per heavy atom. The first-order chi connectivity index (χ1) is 5.08. The molecule has 0 N–H and O–H groups in total. The maximum Gasteiger partial charge on any atom is 0.168 e. The van der Waals surface area contributed by atoms with E-state index < -0.39 is 9.84 Å². The third-order valence-corrected chi connectivity index (χ3v) is 1.65. The Kier molecular flexibility index (Phi) is 2.14. The van der Waals surface area contributed by atoms with E-state index >= 15 is 0 Å². The van der Waals surface area contributed by atoms with Gasteiger partial charge in [0, 0.05) is 11.7 Å². The zero-order valence-corrected chi connectivity index (χ0v) is 6.84. The molecule has 0 amide bonds. The lowest BCUT2D eigenvalue weighted by Crippen LogP contribution is -1.86. The van der Waals surface area contributed by atoms with Crippen LogP contribution < -0.4 is 0 Å². The lowest BCUT2D eigenvalue weighted by atomic mass is 10.5. The van der Waals surface area contributed by atoms with Crippen LogP contribution in [0, 0.1) is 0 Å². The molecule has 0 saturated carbocycles. The molecule has 4 heteroatoms. The Labute approximate surface area is 65.3 Å². The maximum atomic E-state index is 10.6. The van der Waals surface area contributed by atoms with Gasteiger partial charge < -0.3 is 4.42 Å². The van der Waals surface area contributed by atoms with Crippen molar-refractivity contribution in [1.82, 2.24) is 0 Å². The van der Waals surface area contributed by atoms with E-state index in [1.807, 2.05) is 0 Å². The van der Waals surface area contributed by atoms with E-state index in [2.05, 4.69) is 0 Å². The van der Waals surface area contributed by atoms with Crippen LogP contribution in [0.15, 0.2) is 28.2 Å². The van der Waals surface area contributed by atoms with Crippen molar-refractivity contribution in [2.45, 2.75) is 0 Å². The van der Waals surface area contributed by atoms with Crippen LogP contribution in [0.5, 0.6) is 0 Å². The second-order valence-electron chi connectivity index (χ2n) is 2.15. The van der Waals surface area contributed by atoms with Crippen LogP contribution in [-0.4, -0.2) is 14.7 Å². The first-order valence-corrected chi connectivity index (χ1v) is 4.95. The number of hydrogen-bond donors (Lipinski definition) is 0. The zero-order chi connectivity index (χ0) is 8.32. The Morgan fingerprint density at radius 1 is 1.55 bits per heavy atom. The predicted octanol–water partition coefficient (Wildman–Crippen LogP) is 1.29. The number of rotatable bonds is 2. The van der Waals surface area contributed by atoms with Crippen molar-refractivity contribution < 1.29 is 12.8 Å². The van der Waals surface area contributed by atoms with Gasteiger partial charge in [0.1, 0.15) is 5.76 Å². The summed E-state index contributed by atoms with van der Waals surface area (Å²) in [7, 11) is -3.04. The van der Waals surface area contributed by atoms with Crippen molar-refractivity contribution in [3.05, 3.63) is 29.6 Å². The molecule has 0 spiro atoms. The first-order valence-electron chi connectivity index (χ1n) is 2.99. The molecule has 0 unspecified atom stereocenters. The van der Waals surface area contributed by atoms with Crippen LogP contribution >= 0.6 is 0 Å². The molecule has 0 aliphatic rings. The highest BCUT2D eigenvalue weighted by atomic mass is 32.2. The van der Waals surface area contributed by atoms with Crippen LogP contribution in [0.2, 0.25) is 0 Å². The molecule has 0 aliphatic carbocycles. The number of furan rings is 1. The third kappa shape index (κ3) is 3.04. The van der Waals surface area contributed by atoms with Gasteiger partial charge >= 0.3 is 0 Å². The van der Waals surface area contributed by atoms with Gasteiger partial charge in [0.15, 0.2) is 9.84 Å². The van der Waals surface area contributed by atoms with Crippen molar-refractivity contribution in [2.75, 3.05) is 6.26 Å². The molecule has 0 aliphatic heterocycles. The third-order valence-electron chi connectivity index (χ3n) is 1.02. The smallest absolute Gasteiger partial charge is 0.168 e. The molecule has 11 heavy (non-hydrogen) atoms. The van der Waals surface area contributed by atoms with Crippen molar-refractivity contribution >= 4 is 15.9 Å². The molecule has 0 saturated heterocycles. The van der Waals surface area contributed by atoms with Crippen molar-refractivity contribution in [3.63, 3.8) is 0 Å². The topological polar surface area (TPSA) is 47.3 Å². The van der Waals surface area contributed by atoms with Crippen molar-refractivity contribution in [2.24, 2.45) is 0 Å². The summed E-state index contributed by atoms with van der Waals surface area (Å²) in [5, 5.41) is 1.10. The van der Waals surface area contributed by atoms with Crippen LogP contribution in [0.1, 0.15) is 5.76 Å². The standard InChI is InChI=1S/C7H8O3S/c1-11(8,9)6-4-7-3-2-5-10-7/h2-6H,1H3/b6-4+. The van der Waals surface area contributed by atoms with Gasteiger partial charge in [-0.2, -0.15) is 0 Å². The monoisotopic (exact) mass is 172 g/mol. The van der Waals surface area contributed by atoms with E-state index in [-0.39, 0.29) is 0 Å². The van der Waals surface area contributed by atoms with Gasteiger partial charge in [-0.1, -0.05) is 0 Å².